The van der Waals surface area contributed by atoms with Gasteiger partial charge in [-0.05, 0) is 46.3 Å². The maximum atomic E-state index is 5.91. The smallest absolute Gasteiger partial charge is 0.181 e. The molecule has 0 fully saturated rings. The molecule has 5 heteroatoms. The fourth-order valence-corrected chi connectivity index (χ4v) is 2.01. The Morgan fingerprint density at radius 3 is 2.86 bits per heavy atom. The van der Waals surface area contributed by atoms with Gasteiger partial charge in [0.25, 0.3) is 0 Å². The van der Waals surface area contributed by atoms with Crippen LogP contribution in [0.15, 0.2) is 35.1 Å². The van der Waals surface area contributed by atoms with E-state index < -0.39 is 0 Å². The molecule has 0 bridgehead atoms. The van der Waals surface area contributed by atoms with E-state index in [1.54, 1.807) is 6.20 Å². The van der Waals surface area contributed by atoms with Crippen molar-refractivity contribution in [3.05, 3.63) is 44.9 Å². The molecular formula is C9H6BrClN2S. The summed E-state index contributed by atoms with van der Waals surface area (Å²) in [7, 11) is 0. The highest BCUT2D eigenvalue weighted by molar-refractivity contribution is 9.10. The van der Waals surface area contributed by atoms with Gasteiger partial charge in [-0.1, -0.05) is 11.6 Å². The second-order valence-corrected chi connectivity index (χ2v) is 4.41. The van der Waals surface area contributed by atoms with Crippen molar-refractivity contribution in [3.8, 4) is 5.69 Å². The third kappa shape index (κ3) is 1.78. The third-order valence-corrected chi connectivity index (χ3v) is 3.04. The lowest BCUT2D eigenvalue weighted by Gasteiger charge is -2.05. The Balaban J connectivity index is 2.68. The number of benzene rings is 1. The fraction of sp³-hybridized carbons (Fsp3) is 0. The lowest BCUT2D eigenvalue weighted by atomic mass is 10.3. The summed E-state index contributed by atoms with van der Waals surface area (Å²) in [6.45, 7) is 0. The summed E-state index contributed by atoms with van der Waals surface area (Å²) in [4.78, 5) is 2.93. The van der Waals surface area contributed by atoms with Gasteiger partial charge in [-0.25, -0.2) is 0 Å². The molecule has 2 rings (SSSR count). The van der Waals surface area contributed by atoms with Gasteiger partial charge in [-0.15, -0.1) is 0 Å². The molecule has 2 aromatic rings. The Bertz CT molecular complexity index is 518. The minimum Gasteiger partial charge on any atom is -0.337 e. The number of hydrogen-bond donors (Lipinski definition) is 1. The van der Waals surface area contributed by atoms with Crippen LogP contribution in [0.1, 0.15) is 0 Å². The molecule has 0 spiro atoms. The third-order valence-electron chi connectivity index (χ3n) is 1.82. The maximum Gasteiger partial charge on any atom is 0.181 e. The van der Waals surface area contributed by atoms with Crippen molar-refractivity contribution in [2.75, 3.05) is 0 Å². The van der Waals surface area contributed by atoms with Crippen molar-refractivity contribution in [2.24, 2.45) is 0 Å². The Kier molecular flexibility index (Phi) is 2.76. The molecule has 0 saturated heterocycles. The molecule has 0 amide bonds. The summed E-state index contributed by atoms with van der Waals surface area (Å²) in [5, 5.41) is 0.686. The number of rotatable bonds is 1. The van der Waals surface area contributed by atoms with E-state index >= 15 is 0 Å². The predicted octanol–water partition coefficient (Wildman–Crippen LogP) is 3.95. The SMILES string of the molecule is S=c1[nH]ccn1-c1cc(Cl)ccc1Br. The van der Waals surface area contributed by atoms with Crippen LogP contribution in [0.4, 0.5) is 0 Å². The first kappa shape index (κ1) is 9.96. The van der Waals surface area contributed by atoms with E-state index in [4.69, 9.17) is 23.8 Å². The van der Waals surface area contributed by atoms with Gasteiger partial charge in [-0.2, -0.15) is 0 Å². The van der Waals surface area contributed by atoms with Crippen LogP contribution in [0.2, 0.25) is 5.02 Å². The molecule has 2 nitrogen and oxygen atoms in total. The molecule has 0 aliphatic rings. The Labute approximate surface area is 99.7 Å². The zero-order valence-electron chi connectivity index (χ0n) is 7.00. The second-order valence-electron chi connectivity index (χ2n) is 2.73. The molecule has 0 aliphatic heterocycles. The van der Waals surface area contributed by atoms with Crippen LogP contribution in [-0.2, 0) is 0 Å². The summed E-state index contributed by atoms with van der Waals surface area (Å²) in [5.41, 5.74) is 0.934. The highest BCUT2D eigenvalue weighted by Gasteiger charge is 2.03. The number of aromatic nitrogens is 2. The van der Waals surface area contributed by atoms with E-state index in [2.05, 4.69) is 20.9 Å². The van der Waals surface area contributed by atoms with Crippen LogP contribution >= 0.6 is 39.7 Å². The summed E-state index contributed by atoms with van der Waals surface area (Å²) in [5.74, 6) is 0. The minimum atomic E-state index is 0.646. The highest BCUT2D eigenvalue weighted by atomic mass is 79.9. The van der Waals surface area contributed by atoms with E-state index in [0.717, 1.165) is 10.2 Å². The van der Waals surface area contributed by atoms with Gasteiger partial charge in [0.05, 0.1) is 5.69 Å². The molecule has 1 heterocycles. The minimum absolute atomic E-state index is 0.646. The molecule has 0 saturated carbocycles. The lowest BCUT2D eigenvalue weighted by molar-refractivity contribution is 1.02. The zero-order valence-corrected chi connectivity index (χ0v) is 10.2. The number of aromatic amines is 1. The molecule has 0 unspecified atom stereocenters. The standard InChI is InChI=1S/C9H6BrClN2S/c10-7-2-1-6(11)5-8(7)13-4-3-12-9(13)14/h1-5H,(H,12,14). The lowest BCUT2D eigenvalue weighted by Crippen LogP contribution is -1.93. The molecule has 0 aliphatic carbocycles. The predicted molar refractivity (Wildman–Crippen MR) is 63.7 cm³/mol. The number of nitrogens with one attached hydrogen (secondary N) is 1. The first-order valence-corrected chi connectivity index (χ1v) is 5.48. The molecule has 0 atom stereocenters. The van der Waals surface area contributed by atoms with Crippen LogP contribution in [0.5, 0.6) is 0 Å². The van der Waals surface area contributed by atoms with Crippen LogP contribution in [-0.4, -0.2) is 9.55 Å². The Hall–Kier alpha value is -0.580. The van der Waals surface area contributed by atoms with Gasteiger partial charge in [0.15, 0.2) is 4.77 Å². The van der Waals surface area contributed by atoms with Crippen LogP contribution in [0.3, 0.4) is 0 Å². The quantitative estimate of drug-likeness (QED) is 0.788. The number of hydrogen-bond acceptors (Lipinski definition) is 1. The molecule has 1 N–H and O–H groups in total. The van der Waals surface area contributed by atoms with E-state index in [1.807, 2.05) is 29.0 Å². The van der Waals surface area contributed by atoms with Crippen LogP contribution in [0.25, 0.3) is 5.69 Å². The van der Waals surface area contributed by atoms with Gasteiger partial charge in [0, 0.05) is 21.9 Å². The van der Waals surface area contributed by atoms with Crippen molar-refractivity contribution in [1.29, 1.82) is 0 Å². The van der Waals surface area contributed by atoms with Crippen molar-refractivity contribution < 1.29 is 0 Å². The number of imidazole rings is 1. The number of halogens is 2. The Morgan fingerprint density at radius 2 is 2.21 bits per heavy atom. The average molecular weight is 290 g/mol. The molecule has 14 heavy (non-hydrogen) atoms. The van der Waals surface area contributed by atoms with Gasteiger partial charge in [0.2, 0.25) is 0 Å². The van der Waals surface area contributed by atoms with Crippen LogP contribution < -0.4 is 0 Å². The number of nitrogens with zero attached hydrogens (tertiary/aromatic N) is 1. The summed E-state index contributed by atoms with van der Waals surface area (Å²) in [6.07, 6.45) is 3.65. The first-order valence-electron chi connectivity index (χ1n) is 3.90. The second kappa shape index (κ2) is 3.88. The van der Waals surface area contributed by atoms with Gasteiger partial charge in [-0.3, -0.25) is 4.57 Å². The molecule has 0 radical (unpaired) electrons. The zero-order chi connectivity index (χ0) is 10.1. The van der Waals surface area contributed by atoms with E-state index in [1.165, 1.54) is 0 Å². The normalized spacial score (nSPS) is 10.4. The maximum absolute atomic E-state index is 5.91. The van der Waals surface area contributed by atoms with E-state index in [0.29, 0.717) is 9.79 Å². The van der Waals surface area contributed by atoms with Crippen molar-refractivity contribution in [1.82, 2.24) is 9.55 Å². The van der Waals surface area contributed by atoms with Crippen molar-refractivity contribution in [3.63, 3.8) is 0 Å². The monoisotopic (exact) mass is 288 g/mol. The fourth-order valence-electron chi connectivity index (χ4n) is 1.18. The average Bonchev–Trinajstić information content (AvgIpc) is 2.56. The van der Waals surface area contributed by atoms with Gasteiger partial charge < -0.3 is 4.98 Å². The number of H-pyrrole nitrogens is 1. The molecular weight excluding hydrogens is 284 g/mol. The van der Waals surface area contributed by atoms with Crippen molar-refractivity contribution >= 4 is 39.7 Å². The largest absolute Gasteiger partial charge is 0.337 e. The van der Waals surface area contributed by atoms with E-state index in [-0.39, 0.29) is 0 Å². The van der Waals surface area contributed by atoms with Crippen LogP contribution in [0, 0.1) is 4.77 Å². The molecule has 1 aromatic heterocycles. The molecule has 1 aromatic carbocycles. The summed E-state index contributed by atoms with van der Waals surface area (Å²) in [6, 6.07) is 5.58. The van der Waals surface area contributed by atoms with Gasteiger partial charge in [0.1, 0.15) is 0 Å². The Morgan fingerprint density at radius 1 is 1.43 bits per heavy atom. The topological polar surface area (TPSA) is 20.7 Å². The van der Waals surface area contributed by atoms with E-state index in [9.17, 15) is 0 Å². The first-order chi connectivity index (χ1) is 6.68. The summed E-state index contributed by atoms with van der Waals surface area (Å²) >= 11 is 14.5. The van der Waals surface area contributed by atoms with Gasteiger partial charge >= 0.3 is 0 Å². The molecule has 72 valence electrons. The van der Waals surface area contributed by atoms with Crippen molar-refractivity contribution in [2.45, 2.75) is 0 Å². The highest BCUT2D eigenvalue weighted by Crippen LogP contribution is 2.24. The summed E-state index contributed by atoms with van der Waals surface area (Å²) < 4.78 is 3.45.